The number of carbonyl (C=O) groups is 8. The minimum atomic E-state index is -1.46. The van der Waals surface area contributed by atoms with Gasteiger partial charge in [0.15, 0.2) is 0 Å². The van der Waals surface area contributed by atoms with Crippen LogP contribution in [-0.2, 0) is 65.9 Å². The number of nitrogens with zero attached hydrogens (tertiary/aromatic N) is 7. The molecule has 8 heterocycles. The third kappa shape index (κ3) is 30.6. The molecule has 0 bridgehead atoms. The number of nitrogens with one attached hydrogen (secondary N) is 6. The monoisotopic (exact) mass is 1900 g/mol. The van der Waals surface area contributed by atoms with E-state index in [9.17, 15) is 42.2 Å². The van der Waals surface area contributed by atoms with Crippen LogP contribution in [0.3, 0.4) is 0 Å². The first-order valence-corrected chi connectivity index (χ1v) is 46.1. The molecule has 29 nitrogen and oxygen atoms in total. The number of hydrogen-bond acceptors (Lipinski definition) is 20. The number of ether oxygens (including phenoxy) is 2. The summed E-state index contributed by atoms with van der Waals surface area (Å²) < 4.78 is 72.1. The Morgan fingerprint density at radius 3 is 1.29 bits per heavy atom. The number of carbonyl (C=O) groups excluding carboxylic acids is 7. The van der Waals surface area contributed by atoms with Crippen LogP contribution in [-0.4, -0.2) is 159 Å². The van der Waals surface area contributed by atoms with Crippen molar-refractivity contribution in [1.29, 1.82) is 0 Å². The van der Waals surface area contributed by atoms with Gasteiger partial charge in [0.25, 0.3) is 6.47 Å². The molecule has 4 aromatic heterocycles. The minimum Gasteiger partial charge on any atom is -0.662 e. The quantitative estimate of drug-likeness (QED) is 0.0105. The van der Waals surface area contributed by atoms with Gasteiger partial charge in [0.1, 0.15) is 52.6 Å². The average molecular weight is 1900 g/mol. The third-order valence-electron chi connectivity index (χ3n) is 24.1. The van der Waals surface area contributed by atoms with Gasteiger partial charge in [-0.3, -0.25) is 49.2 Å². The number of anilines is 4. The van der Waals surface area contributed by atoms with Crippen LogP contribution < -0.4 is 77.6 Å². The summed E-state index contributed by atoms with van der Waals surface area (Å²) in [5, 5.41) is 32.0. The first kappa shape index (κ1) is 108. The Hall–Kier alpha value is -9.26. The van der Waals surface area contributed by atoms with Crippen LogP contribution in [0.1, 0.15) is 226 Å². The van der Waals surface area contributed by atoms with Crippen LogP contribution in [0.15, 0.2) is 147 Å². The van der Waals surface area contributed by atoms with Crippen molar-refractivity contribution in [3.8, 4) is 0 Å². The summed E-state index contributed by atoms with van der Waals surface area (Å²) in [5.41, 5.74) is 15.2. The summed E-state index contributed by atoms with van der Waals surface area (Å²) in [6.07, 6.45) is 24.9. The predicted molar refractivity (Wildman–Crippen MR) is 497 cm³/mol. The van der Waals surface area contributed by atoms with Crippen molar-refractivity contribution in [3.05, 3.63) is 202 Å². The standard InChI is InChI=1S/C32H45FN4O4S.C29H32ClFN6O2.C23H29FN4O.C11H19NO4.CH2O3.ClH.Na/c1-21-18-27(37(20-21)29(39)41-30(2,3)4)28(38)35-26-19-24(10-11-25(26)33)32(15-12-22-8-9-22,23-13-16-34-17-14-23)36-42(40)31(5,6)7;1-18-14-25(37(17-18)28(39)36-26-7-5-22(30)16-34-26)27(38)35-24-15-21(4-6-23(24)31)29(32,11-8-19-2-3-19)20-9-12-33-13-10-20;1-15-12-21(27-14-15)22(29)28-20-13-18(4-5-19(20)24)23(25,9-6-16-2-3-16)17-7-10-26-11-8-17;1-7-5-8(9(13)14)12(6-7)10(15)16-11(2,3)4;2-1-4-3;;/h10-11,13-14,16-17,19,21-22,27,36H,8-9,12,15,18,20H2,1-7H3,(H,35,38);4-7,9-10,12-13,15-16,18-19,25H,2-3,8,11,14,17,32H2,1H3,(H,35,38)(H,34,36,39);4-5,7-8,10-11,13,15-16,21,27H,2-3,6,9,12,14,25H2,1H3,(H,28,29);7-8H,5-6H2,1-4H3,(H,13,14);1,3H;1H;/q;;;;;;+1/p-1/t21-,27-,32?,42-;18-,25-,29?;15-,21-,23?;7-,8-;;;/m1111.../s1. The van der Waals surface area contributed by atoms with E-state index < -0.39 is 115 Å². The van der Waals surface area contributed by atoms with Gasteiger partial charge in [-0.15, -0.1) is 12.4 Å². The van der Waals surface area contributed by atoms with E-state index in [1.54, 1.807) is 127 Å². The van der Waals surface area contributed by atoms with Crippen molar-refractivity contribution in [2.24, 2.45) is 52.9 Å². The van der Waals surface area contributed by atoms with E-state index in [0.717, 1.165) is 79.7 Å². The van der Waals surface area contributed by atoms with Crippen molar-refractivity contribution in [2.75, 3.05) is 47.4 Å². The number of carboxylic acid groups (broad SMARTS) is 1. The second-order valence-corrected chi connectivity index (χ2v) is 41.1. The Morgan fingerprint density at radius 1 is 0.530 bits per heavy atom. The summed E-state index contributed by atoms with van der Waals surface area (Å²) >= 11 is 5.88. The average Bonchev–Trinajstić information content (AvgIpc) is 1.58. The van der Waals surface area contributed by atoms with Gasteiger partial charge in [-0.05, 0) is 293 Å². The molecule has 11 N–H and O–H groups in total. The van der Waals surface area contributed by atoms with Gasteiger partial charge in [-0.2, -0.15) is 0 Å². The normalized spacial score (nSPS) is 21.3. The second-order valence-electron chi connectivity index (χ2n) is 38.6. The number of halogens is 5. The van der Waals surface area contributed by atoms with Gasteiger partial charge < -0.3 is 62.4 Å². The van der Waals surface area contributed by atoms with Crippen LogP contribution in [0.25, 0.3) is 0 Å². The number of aromatic nitrogens is 4. The molecule has 3 saturated carbocycles. The molecule has 3 unspecified atom stereocenters. The van der Waals surface area contributed by atoms with Crippen molar-refractivity contribution < 1.29 is 110 Å². The Labute approximate surface area is 807 Å². The van der Waals surface area contributed by atoms with E-state index in [2.05, 4.69) is 63.1 Å². The molecule has 14 rings (SSSR count). The van der Waals surface area contributed by atoms with Gasteiger partial charge >= 0.3 is 53.7 Å². The largest absolute Gasteiger partial charge is 1.00 e. The SMILES string of the molecule is C[C@@H]1C[C@H](C(=O)Nc2cc(C(CCC3CC3)(N[S@](=O)C(C)(C)C)c3ccncc3)ccc2F)N(C(=O)OC(C)(C)C)C1.C[C@@H]1C[C@H](C(=O)Nc2cc(C(N)(CCC3CC3)c3ccncc3)ccc2F)N(C(=O)Nc2ccc(Cl)cn2)C1.C[C@@H]1C[C@H](C(=O)O)N(C(=O)OC(C)(C)C)C1.C[C@H]1CN[C@@H](C(=O)Nc2cc(C(N)(CCC3CC3)c3ccncc3)ccc2F)C1.Cl.O=CO[O-].[Na+]. The summed E-state index contributed by atoms with van der Waals surface area (Å²) in [6.45, 7) is 26.1. The third-order valence-corrected chi connectivity index (χ3v) is 26.0. The number of urea groups is 1. The number of rotatable bonds is 26. The fraction of sp³-hybridized carbons (Fsp3) is 0.521. The zero-order valence-corrected chi connectivity index (χ0v) is 82.2. The molecule has 7 aliphatic rings. The van der Waals surface area contributed by atoms with Crippen molar-refractivity contribution >= 4 is 106 Å². The topological polar surface area (TPSA) is 410 Å². The van der Waals surface area contributed by atoms with Crippen molar-refractivity contribution in [1.82, 2.24) is 44.7 Å². The maximum atomic E-state index is 15.3. The summed E-state index contributed by atoms with van der Waals surface area (Å²) in [7, 11) is -1.46. The zero-order chi connectivity index (χ0) is 94.8. The second kappa shape index (κ2) is 47.8. The molecule has 132 heavy (non-hydrogen) atoms. The predicted octanol–water partition coefficient (Wildman–Crippen LogP) is 13.0. The van der Waals surface area contributed by atoms with E-state index in [0.29, 0.717) is 91.5 Å². The molecule has 12 atom stereocenters. The number of benzene rings is 3. The summed E-state index contributed by atoms with van der Waals surface area (Å²) in [6, 6.07) is 25.6. The van der Waals surface area contributed by atoms with Gasteiger partial charge in [0.05, 0.1) is 60.5 Å². The number of likely N-dealkylation sites (tertiary alicyclic amines) is 3. The van der Waals surface area contributed by atoms with E-state index in [-0.39, 0.29) is 95.2 Å². The van der Waals surface area contributed by atoms with E-state index in [4.69, 9.17) is 47.7 Å². The Kier molecular flexibility index (Phi) is 39.1. The molecule has 7 amide bonds. The van der Waals surface area contributed by atoms with Gasteiger partial charge in [-0.1, -0.05) is 96.0 Å². The van der Waals surface area contributed by atoms with Crippen molar-refractivity contribution in [2.45, 2.75) is 249 Å². The number of hydrogen-bond donors (Lipinski definition) is 9. The molecule has 4 aliphatic heterocycles. The Morgan fingerprint density at radius 2 is 0.909 bits per heavy atom. The molecular weight excluding hydrogens is 1770 g/mol. The van der Waals surface area contributed by atoms with Gasteiger partial charge in [0, 0.05) is 63.0 Å². The number of carboxylic acids is 1. The van der Waals surface area contributed by atoms with Crippen molar-refractivity contribution in [3.63, 3.8) is 0 Å². The molecule has 7 aromatic rings. The van der Waals surface area contributed by atoms with Crippen LogP contribution in [0.2, 0.25) is 5.02 Å². The first-order valence-electron chi connectivity index (χ1n) is 44.6. The smallest absolute Gasteiger partial charge is 0.662 e. The molecule has 0 spiro atoms. The maximum absolute atomic E-state index is 15.3. The Balaban J connectivity index is 0.000000222. The van der Waals surface area contributed by atoms with Crippen LogP contribution >= 0.6 is 24.0 Å². The van der Waals surface area contributed by atoms with Crippen LogP contribution in [0.5, 0.6) is 0 Å². The van der Waals surface area contributed by atoms with E-state index >= 15 is 8.78 Å². The number of pyridine rings is 4. The molecule has 3 aromatic carbocycles. The molecule has 0 radical (unpaired) electrons. The zero-order valence-electron chi connectivity index (χ0n) is 77.8. The molecule has 3 aliphatic carbocycles. The van der Waals surface area contributed by atoms with Crippen LogP contribution in [0.4, 0.5) is 50.4 Å². The Bertz CT molecular complexity index is 5070. The molecule has 36 heteroatoms. The fourth-order valence-corrected chi connectivity index (χ4v) is 17.6. The molecule has 7 fully saturated rings. The minimum absolute atomic E-state index is 0. The number of nitrogens with two attached hydrogens (primary N) is 2. The fourth-order valence-electron chi connectivity index (χ4n) is 16.5. The summed E-state index contributed by atoms with van der Waals surface area (Å²) in [5.74, 6) is -0.577. The van der Waals surface area contributed by atoms with Gasteiger partial charge in [-0.25, -0.2) is 46.3 Å². The van der Waals surface area contributed by atoms with Crippen LogP contribution in [0, 0.1) is 58.9 Å². The number of aliphatic carboxylic acids is 1. The van der Waals surface area contributed by atoms with E-state index in [1.165, 1.54) is 64.8 Å². The van der Waals surface area contributed by atoms with E-state index in [1.807, 2.05) is 77.9 Å². The molecule has 4 saturated heterocycles. The number of amides is 7. The molecular formula is C96H127Cl2F3N15NaO14S. The molecule has 712 valence electrons. The summed E-state index contributed by atoms with van der Waals surface area (Å²) in [4.78, 5) is 120. The maximum Gasteiger partial charge on any atom is 1.00 e. The van der Waals surface area contributed by atoms with Gasteiger partial charge in [0.2, 0.25) is 17.7 Å². The first-order chi connectivity index (χ1) is 61.4.